The molecule has 1 aliphatic carbocycles. The lowest BCUT2D eigenvalue weighted by molar-refractivity contribution is -0.120. The molecule has 1 aromatic carbocycles. The van der Waals surface area contributed by atoms with Crippen molar-refractivity contribution >= 4 is 40.5 Å². The van der Waals surface area contributed by atoms with Crippen LogP contribution in [0.15, 0.2) is 41.6 Å². The standard InChI is InChI=1S/C23H27N7O/c1-3-19-22(31)29(2)20-14-24-23(27-21(20)30(19)17-9-5-6-10-17)28-25-13-16-12-15-8-4-7-11-18(15)26-16/h4,7-8,11-14,17,19,26H,3,5-6,9-10H2,1-2H3,(H,24,27,28). The van der Waals surface area contributed by atoms with Crippen molar-refractivity contribution in [2.75, 3.05) is 22.3 Å². The van der Waals surface area contributed by atoms with Crippen molar-refractivity contribution in [3.05, 3.63) is 42.2 Å². The third kappa shape index (κ3) is 3.52. The molecule has 31 heavy (non-hydrogen) atoms. The van der Waals surface area contributed by atoms with E-state index in [0.29, 0.717) is 12.0 Å². The van der Waals surface area contributed by atoms with Crippen LogP contribution in [-0.2, 0) is 4.79 Å². The highest BCUT2D eigenvalue weighted by molar-refractivity contribution is 6.04. The Morgan fingerprint density at radius 1 is 1.29 bits per heavy atom. The molecule has 1 unspecified atom stereocenters. The molecule has 3 heterocycles. The number of rotatable bonds is 5. The van der Waals surface area contributed by atoms with Crippen LogP contribution in [0.25, 0.3) is 10.9 Å². The number of nitrogens with one attached hydrogen (secondary N) is 2. The van der Waals surface area contributed by atoms with Gasteiger partial charge in [-0.2, -0.15) is 10.1 Å². The number of para-hydroxylation sites is 1. The minimum atomic E-state index is -0.182. The van der Waals surface area contributed by atoms with Crippen LogP contribution in [0.5, 0.6) is 0 Å². The summed E-state index contributed by atoms with van der Waals surface area (Å²) in [6.45, 7) is 2.06. The highest BCUT2D eigenvalue weighted by Gasteiger charge is 2.41. The first kappa shape index (κ1) is 19.5. The Morgan fingerprint density at radius 2 is 2.10 bits per heavy atom. The Bertz CT molecular complexity index is 1100. The zero-order valence-corrected chi connectivity index (χ0v) is 17.9. The highest BCUT2D eigenvalue weighted by atomic mass is 16.2. The second-order valence-electron chi connectivity index (χ2n) is 8.25. The number of nitrogens with zero attached hydrogens (tertiary/aromatic N) is 5. The minimum absolute atomic E-state index is 0.114. The number of amides is 1. The van der Waals surface area contributed by atoms with Crippen LogP contribution >= 0.6 is 0 Å². The summed E-state index contributed by atoms with van der Waals surface area (Å²) >= 11 is 0. The van der Waals surface area contributed by atoms with Crippen LogP contribution in [0.1, 0.15) is 44.7 Å². The van der Waals surface area contributed by atoms with E-state index in [1.54, 1.807) is 24.4 Å². The predicted octanol–water partition coefficient (Wildman–Crippen LogP) is 3.91. The molecule has 0 bridgehead atoms. The molecule has 2 aliphatic rings. The van der Waals surface area contributed by atoms with Crippen LogP contribution in [0.3, 0.4) is 0 Å². The molecule has 1 aliphatic heterocycles. The van der Waals surface area contributed by atoms with Crippen molar-refractivity contribution < 1.29 is 4.79 Å². The number of H-pyrrole nitrogens is 1. The molecule has 1 atom stereocenters. The van der Waals surface area contributed by atoms with E-state index >= 15 is 0 Å². The van der Waals surface area contributed by atoms with Crippen molar-refractivity contribution in [1.82, 2.24) is 15.0 Å². The molecule has 0 saturated heterocycles. The Balaban J connectivity index is 1.42. The van der Waals surface area contributed by atoms with Gasteiger partial charge in [0.15, 0.2) is 5.82 Å². The fraction of sp³-hybridized carbons (Fsp3) is 0.391. The van der Waals surface area contributed by atoms with E-state index in [1.165, 1.54) is 12.8 Å². The zero-order valence-electron chi connectivity index (χ0n) is 17.9. The fourth-order valence-corrected chi connectivity index (χ4v) is 4.76. The molecule has 1 amide bonds. The average Bonchev–Trinajstić information content (AvgIpc) is 3.45. The zero-order chi connectivity index (χ0) is 21.4. The number of hydrogen-bond donors (Lipinski definition) is 2. The predicted molar refractivity (Wildman–Crippen MR) is 124 cm³/mol. The topological polar surface area (TPSA) is 89.5 Å². The van der Waals surface area contributed by atoms with Crippen molar-refractivity contribution in [2.24, 2.45) is 5.10 Å². The highest BCUT2D eigenvalue weighted by Crippen LogP contribution is 2.39. The number of hydrazone groups is 1. The average molecular weight is 418 g/mol. The maximum Gasteiger partial charge on any atom is 0.249 e. The first-order chi connectivity index (χ1) is 15.2. The summed E-state index contributed by atoms with van der Waals surface area (Å²) in [5.74, 6) is 1.36. The summed E-state index contributed by atoms with van der Waals surface area (Å²) < 4.78 is 0. The third-order valence-electron chi connectivity index (χ3n) is 6.33. The lowest BCUT2D eigenvalue weighted by atomic mass is 10.0. The molecule has 2 aromatic heterocycles. The molecule has 1 fully saturated rings. The van der Waals surface area contributed by atoms with Gasteiger partial charge in [0.2, 0.25) is 11.9 Å². The number of anilines is 3. The summed E-state index contributed by atoms with van der Waals surface area (Å²) in [6, 6.07) is 10.3. The summed E-state index contributed by atoms with van der Waals surface area (Å²) in [6.07, 6.45) is 8.78. The Kier molecular flexibility index (Phi) is 5.05. The number of aromatic nitrogens is 3. The Hall–Kier alpha value is -3.42. The van der Waals surface area contributed by atoms with E-state index in [-0.39, 0.29) is 11.9 Å². The quantitative estimate of drug-likeness (QED) is 0.485. The molecule has 160 valence electrons. The number of benzene rings is 1. The van der Waals surface area contributed by atoms with E-state index in [1.807, 2.05) is 24.3 Å². The second kappa shape index (κ2) is 8.02. The van der Waals surface area contributed by atoms with Crippen LogP contribution in [-0.4, -0.2) is 46.2 Å². The molecule has 5 rings (SSSR count). The minimum Gasteiger partial charge on any atom is -0.354 e. The SMILES string of the molecule is CCC1C(=O)N(C)c2cnc(NN=Cc3cc4ccccc4[nH]3)nc2N1C1CCCC1. The van der Waals surface area contributed by atoms with Crippen LogP contribution in [0.4, 0.5) is 17.5 Å². The number of hydrogen-bond acceptors (Lipinski definition) is 6. The van der Waals surface area contributed by atoms with Gasteiger partial charge in [-0.3, -0.25) is 4.79 Å². The molecular formula is C23H27N7O. The third-order valence-corrected chi connectivity index (χ3v) is 6.33. The first-order valence-electron chi connectivity index (χ1n) is 11.0. The normalized spacial score (nSPS) is 19.5. The van der Waals surface area contributed by atoms with Gasteiger partial charge in [0.05, 0.1) is 18.1 Å². The Labute approximate surface area is 181 Å². The van der Waals surface area contributed by atoms with E-state index in [4.69, 9.17) is 4.98 Å². The molecule has 0 spiro atoms. The maximum absolute atomic E-state index is 13.0. The monoisotopic (exact) mass is 417 g/mol. The smallest absolute Gasteiger partial charge is 0.249 e. The molecule has 0 radical (unpaired) electrons. The largest absolute Gasteiger partial charge is 0.354 e. The Morgan fingerprint density at radius 3 is 2.87 bits per heavy atom. The molecule has 2 N–H and O–H groups in total. The molecule has 3 aromatic rings. The van der Waals surface area contributed by atoms with Gasteiger partial charge < -0.3 is 14.8 Å². The molecule has 1 saturated carbocycles. The van der Waals surface area contributed by atoms with Gasteiger partial charge in [0.25, 0.3) is 0 Å². The fourth-order valence-electron chi connectivity index (χ4n) is 4.76. The van der Waals surface area contributed by atoms with Gasteiger partial charge in [-0.05, 0) is 31.4 Å². The number of likely N-dealkylation sites (N-methyl/N-ethyl adjacent to an activating group) is 1. The van der Waals surface area contributed by atoms with Gasteiger partial charge in [0, 0.05) is 24.0 Å². The van der Waals surface area contributed by atoms with Gasteiger partial charge in [-0.15, -0.1) is 0 Å². The molecule has 8 heteroatoms. The van der Waals surface area contributed by atoms with Gasteiger partial charge in [0.1, 0.15) is 11.7 Å². The van der Waals surface area contributed by atoms with Crippen LogP contribution in [0.2, 0.25) is 0 Å². The lowest BCUT2D eigenvalue weighted by Gasteiger charge is -2.43. The van der Waals surface area contributed by atoms with E-state index in [2.05, 4.69) is 38.4 Å². The van der Waals surface area contributed by atoms with Crippen molar-refractivity contribution in [2.45, 2.75) is 51.1 Å². The molecular weight excluding hydrogens is 390 g/mol. The van der Waals surface area contributed by atoms with Gasteiger partial charge in [-0.1, -0.05) is 38.0 Å². The number of aromatic amines is 1. The van der Waals surface area contributed by atoms with Crippen molar-refractivity contribution in [3.8, 4) is 0 Å². The van der Waals surface area contributed by atoms with Gasteiger partial charge in [-0.25, -0.2) is 10.4 Å². The second-order valence-corrected chi connectivity index (χ2v) is 8.25. The lowest BCUT2D eigenvalue weighted by Crippen LogP contribution is -2.55. The van der Waals surface area contributed by atoms with Crippen LogP contribution in [0, 0.1) is 0 Å². The van der Waals surface area contributed by atoms with E-state index in [9.17, 15) is 4.79 Å². The summed E-state index contributed by atoms with van der Waals surface area (Å²) in [5, 5.41) is 5.46. The van der Waals surface area contributed by atoms with E-state index in [0.717, 1.165) is 47.4 Å². The summed E-state index contributed by atoms with van der Waals surface area (Å²) in [4.78, 5) is 29.4. The van der Waals surface area contributed by atoms with Gasteiger partial charge >= 0.3 is 0 Å². The van der Waals surface area contributed by atoms with Crippen molar-refractivity contribution in [3.63, 3.8) is 0 Å². The number of fused-ring (bicyclic) bond motifs is 2. The number of carbonyl (C=O) groups excluding carboxylic acids is 1. The van der Waals surface area contributed by atoms with E-state index < -0.39 is 0 Å². The molecule has 8 nitrogen and oxygen atoms in total. The van der Waals surface area contributed by atoms with Crippen LogP contribution < -0.4 is 15.2 Å². The summed E-state index contributed by atoms with van der Waals surface area (Å²) in [5.41, 5.74) is 5.68. The summed E-state index contributed by atoms with van der Waals surface area (Å²) in [7, 11) is 1.81. The number of carbonyl (C=O) groups is 1. The first-order valence-corrected chi connectivity index (χ1v) is 11.0. The van der Waals surface area contributed by atoms with Crippen molar-refractivity contribution in [1.29, 1.82) is 0 Å². The maximum atomic E-state index is 13.0.